The van der Waals surface area contributed by atoms with E-state index in [1.807, 2.05) is 0 Å². The maximum absolute atomic E-state index is 12.5. The monoisotopic (exact) mass is 337 g/mol. The van der Waals surface area contributed by atoms with Gasteiger partial charge in [0.1, 0.15) is 0 Å². The number of imidazole rings is 1. The molecule has 6 nitrogen and oxygen atoms in total. The number of nitrogens with two attached hydrogens (primary N) is 1. The van der Waals surface area contributed by atoms with Crippen molar-refractivity contribution in [2.75, 3.05) is 5.73 Å². The first kappa shape index (κ1) is 14.7. The number of anilines is 1. The molecule has 22 heavy (non-hydrogen) atoms. The summed E-state index contributed by atoms with van der Waals surface area (Å²) in [4.78, 5) is 14.5. The second-order valence-corrected chi connectivity index (χ2v) is 7.11. The number of aromatic nitrogens is 2. The summed E-state index contributed by atoms with van der Waals surface area (Å²) in [5.41, 5.74) is 6.56. The summed E-state index contributed by atoms with van der Waals surface area (Å²) in [7, 11) is -3.86. The van der Waals surface area contributed by atoms with Crippen molar-refractivity contribution in [1.82, 2.24) is 8.96 Å². The van der Waals surface area contributed by atoms with Gasteiger partial charge in [0.05, 0.1) is 16.8 Å². The van der Waals surface area contributed by atoms with E-state index >= 15 is 0 Å². The third-order valence-corrected chi connectivity index (χ3v) is 5.07. The number of nitrogens with one attached hydrogen (secondary N) is 1. The van der Waals surface area contributed by atoms with Crippen LogP contribution in [0.4, 0.5) is 5.69 Å². The lowest BCUT2D eigenvalue weighted by Crippen LogP contribution is -2.26. The van der Waals surface area contributed by atoms with Crippen molar-refractivity contribution in [3.63, 3.8) is 0 Å². The molecular formula is C14H12ClN3O3S. The molecule has 1 heterocycles. The lowest BCUT2D eigenvalue weighted by atomic mass is 10.2. The third kappa shape index (κ3) is 2.60. The molecule has 8 heteroatoms. The molecule has 0 fully saturated rings. The van der Waals surface area contributed by atoms with E-state index in [4.69, 9.17) is 17.3 Å². The topological polar surface area (TPSA) is 97.9 Å². The Balaban J connectivity index is 2.11. The van der Waals surface area contributed by atoms with Crippen molar-refractivity contribution in [2.45, 2.75) is 5.75 Å². The summed E-state index contributed by atoms with van der Waals surface area (Å²) in [5, 5.41) is 0.515. The van der Waals surface area contributed by atoms with Gasteiger partial charge in [0.15, 0.2) is 0 Å². The molecule has 0 saturated carbocycles. The molecule has 0 aliphatic heterocycles. The van der Waals surface area contributed by atoms with Gasteiger partial charge >= 0.3 is 5.69 Å². The standard InChI is InChI=1S/C14H12ClN3O3S/c15-10-3-1-9(2-4-10)8-22(20,21)18-13-6-5-11(16)7-12(13)17-14(18)19/h1-7H,8,16H2,(H,17,19). The van der Waals surface area contributed by atoms with Crippen LogP contribution in [-0.2, 0) is 15.8 Å². The van der Waals surface area contributed by atoms with E-state index in [9.17, 15) is 13.2 Å². The summed E-state index contributed by atoms with van der Waals surface area (Å²) in [6, 6.07) is 11.0. The predicted octanol–water partition coefficient (Wildman–Crippen LogP) is 1.94. The summed E-state index contributed by atoms with van der Waals surface area (Å²) in [6.07, 6.45) is 0. The molecule has 0 aliphatic rings. The largest absolute Gasteiger partial charge is 0.399 e. The Morgan fingerprint density at radius 2 is 1.82 bits per heavy atom. The maximum atomic E-state index is 12.5. The lowest BCUT2D eigenvalue weighted by Gasteiger charge is -2.06. The average molecular weight is 338 g/mol. The van der Waals surface area contributed by atoms with Crippen molar-refractivity contribution < 1.29 is 8.42 Å². The number of nitrogen functional groups attached to an aromatic ring is 1. The number of H-pyrrole nitrogens is 1. The van der Waals surface area contributed by atoms with Crippen LogP contribution in [-0.4, -0.2) is 17.4 Å². The van der Waals surface area contributed by atoms with Crippen LogP contribution >= 0.6 is 11.6 Å². The summed E-state index contributed by atoms with van der Waals surface area (Å²) in [5.74, 6) is -0.304. The van der Waals surface area contributed by atoms with Crippen LogP contribution in [0.15, 0.2) is 47.3 Å². The summed E-state index contributed by atoms with van der Waals surface area (Å²) in [6.45, 7) is 0. The number of hydrogen-bond donors (Lipinski definition) is 2. The van der Waals surface area contributed by atoms with Gasteiger partial charge in [0.25, 0.3) is 0 Å². The van der Waals surface area contributed by atoms with E-state index in [0.717, 1.165) is 3.97 Å². The minimum absolute atomic E-state index is 0.271. The number of hydrogen-bond acceptors (Lipinski definition) is 4. The van der Waals surface area contributed by atoms with Gasteiger partial charge in [-0.15, -0.1) is 0 Å². The SMILES string of the molecule is Nc1ccc2c(c1)[nH]c(=O)n2S(=O)(=O)Cc1ccc(Cl)cc1. The van der Waals surface area contributed by atoms with Crippen LogP contribution in [0.2, 0.25) is 5.02 Å². The van der Waals surface area contributed by atoms with Crippen molar-refractivity contribution >= 4 is 38.3 Å². The first-order valence-corrected chi connectivity index (χ1v) is 8.33. The minimum Gasteiger partial charge on any atom is -0.399 e. The zero-order chi connectivity index (χ0) is 15.9. The van der Waals surface area contributed by atoms with Crippen LogP contribution in [0.25, 0.3) is 11.0 Å². The van der Waals surface area contributed by atoms with E-state index < -0.39 is 15.7 Å². The molecule has 2 aromatic carbocycles. The zero-order valence-electron chi connectivity index (χ0n) is 11.3. The Hall–Kier alpha value is -2.25. The van der Waals surface area contributed by atoms with Crippen molar-refractivity contribution in [1.29, 1.82) is 0 Å². The second kappa shape index (κ2) is 5.19. The first-order chi connectivity index (χ1) is 10.4. The van der Waals surface area contributed by atoms with Gasteiger partial charge < -0.3 is 10.7 Å². The Labute approximate surface area is 131 Å². The van der Waals surface area contributed by atoms with Crippen LogP contribution in [0.1, 0.15) is 5.56 Å². The molecule has 0 atom stereocenters. The molecular weight excluding hydrogens is 326 g/mol. The lowest BCUT2D eigenvalue weighted by molar-refractivity contribution is 0.586. The number of nitrogens with zero attached hydrogens (tertiary/aromatic N) is 1. The van der Waals surface area contributed by atoms with E-state index in [1.165, 1.54) is 12.1 Å². The molecule has 3 aromatic rings. The first-order valence-electron chi connectivity index (χ1n) is 6.35. The molecule has 3 N–H and O–H groups in total. The number of fused-ring (bicyclic) bond motifs is 1. The molecule has 3 rings (SSSR count). The minimum atomic E-state index is -3.86. The second-order valence-electron chi connectivity index (χ2n) is 4.85. The van der Waals surface area contributed by atoms with E-state index in [1.54, 1.807) is 30.3 Å². The van der Waals surface area contributed by atoms with Crippen molar-refractivity contribution in [3.8, 4) is 0 Å². The molecule has 0 saturated heterocycles. The fourth-order valence-electron chi connectivity index (χ4n) is 2.24. The molecule has 0 radical (unpaired) electrons. The summed E-state index contributed by atoms with van der Waals surface area (Å²) < 4.78 is 25.9. The van der Waals surface area contributed by atoms with Crippen LogP contribution in [0.5, 0.6) is 0 Å². The number of halogens is 1. The molecule has 114 valence electrons. The Kier molecular flexibility index (Phi) is 3.46. The highest BCUT2D eigenvalue weighted by molar-refractivity contribution is 7.89. The Bertz CT molecular complexity index is 1000. The van der Waals surface area contributed by atoms with E-state index in [0.29, 0.717) is 21.8 Å². The van der Waals surface area contributed by atoms with Crippen molar-refractivity contribution in [3.05, 3.63) is 63.5 Å². The number of aromatic amines is 1. The van der Waals surface area contributed by atoms with Crippen molar-refractivity contribution in [2.24, 2.45) is 0 Å². The average Bonchev–Trinajstić information content (AvgIpc) is 2.77. The quantitative estimate of drug-likeness (QED) is 0.713. The number of rotatable bonds is 3. The Morgan fingerprint density at radius 1 is 1.14 bits per heavy atom. The van der Waals surface area contributed by atoms with E-state index in [-0.39, 0.29) is 11.3 Å². The number of benzene rings is 2. The fourth-order valence-corrected chi connectivity index (χ4v) is 3.86. The van der Waals surface area contributed by atoms with Crippen LogP contribution in [0, 0.1) is 0 Å². The molecule has 0 spiro atoms. The third-order valence-electron chi connectivity index (χ3n) is 3.21. The Morgan fingerprint density at radius 3 is 2.50 bits per heavy atom. The van der Waals surface area contributed by atoms with Gasteiger partial charge in [-0.25, -0.2) is 13.2 Å². The van der Waals surface area contributed by atoms with Gasteiger partial charge in [0, 0.05) is 10.7 Å². The predicted molar refractivity (Wildman–Crippen MR) is 86.4 cm³/mol. The van der Waals surface area contributed by atoms with Crippen LogP contribution < -0.4 is 11.4 Å². The highest BCUT2D eigenvalue weighted by Crippen LogP contribution is 2.18. The van der Waals surface area contributed by atoms with E-state index in [2.05, 4.69) is 4.98 Å². The highest BCUT2D eigenvalue weighted by atomic mass is 35.5. The molecule has 1 aromatic heterocycles. The smallest absolute Gasteiger partial charge is 0.340 e. The van der Waals surface area contributed by atoms with Gasteiger partial charge in [-0.2, -0.15) is 3.97 Å². The van der Waals surface area contributed by atoms with Gasteiger partial charge in [-0.1, -0.05) is 23.7 Å². The molecule has 0 aliphatic carbocycles. The molecule has 0 bridgehead atoms. The molecule has 0 unspecified atom stereocenters. The van der Waals surface area contributed by atoms with Crippen LogP contribution in [0.3, 0.4) is 0 Å². The van der Waals surface area contributed by atoms with Gasteiger partial charge in [-0.3, -0.25) is 0 Å². The highest BCUT2D eigenvalue weighted by Gasteiger charge is 2.20. The normalized spacial score (nSPS) is 11.9. The fraction of sp³-hybridized carbons (Fsp3) is 0.0714. The molecule has 0 amide bonds. The zero-order valence-corrected chi connectivity index (χ0v) is 12.9. The maximum Gasteiger partial charge on any atom is 0.340 e. The summed E-state index contributed by atoms with van der Waals surface area (Å²) >= 11 is 5.78. The van der Waals surface area contributed by atoms with Gasteiger partial charge in [0.2, 0.25) is 10.0 Å². The van der Waals surface area contributed by atoms with Gasteiger partial charge in [-0.05, 0) is 35.9 Å².